The lowest BCUT2D eigenvalue weighted by Gasteiger charge is -2.25. The van der Waals surface area contributed by atoms with Crippen molar-refractivity contribution in [3.63, 3.8) is 0 Å². The summed E-state index contributed by atoms with van der Waals surface area (Å²) in [5.74, 6) is 0.455. The van der Waals surface area contributed by atoms with Crippen LogP contribution in [0.5, 0.6) is 5.75 Å². The van der Waals surface area contributed by atoms with E-state index in [-0.39, 0.29) is 17.1 Å². The molecule has 0 fully saturated rings. The average Bonchev–Trinajstić information content (AvgIpc) is 3.15. The Morgan fingerprint density at radius 1 is 1.00 bits per heavy atom. The van der Waals surface area contributed by atoms with Crippen molar-refractivity contribution >= 4 is 22.6 Å². The van der Waals surface area contributed by atoms with Crippen LogP contribution in [0, 0.1) is 0 Å². The van der Waals surface area contributed by atoms with Crippen LogP contribution in [0.2, 0.25) is 0 Å². The number of rotatable bonds is 6. The first-order chi connectivity index (χ1) is 16.1. The Hall–Kier alpha value is -4.12. The summed E-state index contributed by atoms with van der Waals surface area (Å²) in [6.45, 7) is 6.15. The standard InChI is InChI=1S/C28H23NO4/c1-3-17-32-21-15-11-19(12-16-21)25-24-26(30)22-7-5-6-8-23(22)33-27(24)28(31)29(25)20-13-9-18(4-2)10-14-20/h3,5-16,25H,1,4,17H2,2H3. The predicted molar refractivity (Wildman–Crippen MR) is 129 cm³/mol. The van der Waals surface area contributed by atoms with Crippen molar-refractivity contribution < 1.29 is 13.9 Å². The maximum absolute atomic E-state index is 13.6. The number of ether oxygens (including phenoxy) is 1. The van der Waals surface area contributed by atoms with Crippen molar-refractivity contribution in [2.24, 2.45) is 0 Å². The Kier molecular flexibility index (Phi) is 5.31. The molecule has 5 rings (SSSR count). The van der Waals surface area contributed by atoms with Gasteiger partial charge in [0.25, 0.3) is 5.91 Å². The van der Waals surface area contributed by atoms with E-state index in [9.17, 15) is 9.59 Å². The zero-order valence-corrected chi connectivity index (χ0v) is 18.3. The molecule has 2 heterocycles. The molecule has 3 aromatic carbocycles. The number of nitrogens with zero attached hydrogens (tertiary/aromatic N) is 1. The predicted octanol–water partition coefficient (Wildman–Crippen LogP) is 5.67. The Bertz CT molecular complexity index is 1400. The first-order valence-corrected chi connectivity index (χ1v) is 10.9. The first-order valence-electron chi connectivity index (χ1n) is 10.9. The van der Waals surface area contributed by atoms with Gasteiger partial charge in [0.15, 0.2) is 5.43 Å². The first kappa shape index (κ1) is 20.8. The second kappa shape index (κ2) is 8.43. The topological polar surface area (TPSA) is 59.8 Å². The zero-order chi connectivity index (χ0) is 22.9. The molecule has 1 unspecified atom stereocenters. The number of carbonyl (C=O) groups excluding carboxylic acids is 1. The molecule has 0 saturated heterocycles. The molecule has 1 amide bonds. The van der Waals surface area contributed by atoms with E-state index in [0.29, 0.717) is 34.6 Å². The highest BCUT2D eigenvalue weighted by atomic mass is 16.5. The third kappa shape index (κ3) is 3.52. The number of amides is 1. The molecular weight excluding hydrogens is 414 g/mol. The Morgan fingerprint density at radius 3 is 2.42 bits per heavy atom. The smallest absolute Gasteiger partial charge is 0.295 e. The largest absolute Gasteiger partial charge is 0.490 e. The lowest BCUT2D eigenvalue weighted by atomic mass is 9.98. The SMILES string of the molecule is C=CCOc1ccc(C2c3c(oc4ccccc4c3=O)C(=O)N2c2ccc(CC)cc2)cc1. The van der Waals surface area contributed by atoms with Gasteiger partial charge in [-0.3, -0.25) is 14.5 Å². The van der Waals surface area contributed by atoms with Gasteiger partial charge >= 0.3 is 0 Å². The van der Waals surface area contributed by atoms with Crippen molar-refractivity contribution in [2.75, 3.05) is 11.5 Å². The van der Waals surface area contributed by atoms with Gasteiger partial charge in [-0.1, -0.05) is 56.0 Å². The van der Waals surface area contributed by atoms with E-state index in [0.717, 1.165) is 12.0 Å². The maximum Gasteiger partial charge on any atom is 0.295 e. The van der Waals surface area contributed by atoms with Gasteiger partial charge in [-0.15, -0.1) is 0 Å². The Morgan fingerprint density at radius 2 is 1.73 bits per heavy atom. The van der Waals surface area contributed by atoms with Gasteiger partial charge in [0, 0.05) is 5.69 Å². The number of aryl methyl sites for hydroxylation is 1. The number of carbonyl (C=O) groups is 1. The van der Waals surface area contributed by atoms with E-state index >= 15 is 0 Å². The van der Waals surface area contributed by atoms with Crippen LogP contribution in [0.1, 0.15) is 40.2 Å². The van der Waals surface area contributed by atoms with Crippen LogP contribution >= 0.6 is 0 Å². The molecule has 0 N–H and O–H groups in total. The third-order valence-corrected chi connectivity index (χ3v) is 5.96. The van der Waals surface area contributed by atoms with Gasteiger partial charge in [0.05, 0.1) is 17.0 Å². The number of hydrogen-bond acceptors (Lipinski definition) is 4. The molecule has 0 spiro atoms. The second-order valence-electron chi connectivity index (χ2n) is 7.94. The molecule has 0 radical (unpaired) electrons. The highest BCUT2D eigenvalue weighted by Gasteiger charge is 2.43. The van der Waals surface area contributed by atoms with Crippen LogP contribution in [-0.2, 0) is 6.42 Å². The van der Waals surface area contributed by atoms with Gasteiger partial charge in [-0.05, 0) is 53.9 Å². The van der Waals surface area contributed by atoms with Gasteiger partial charge in [0.2, 0.25) is 5.76 Å². The van der Waals surface area contributed by atoms with Crippen LogP contribution < -0.4 is 15.1 Å². The third-order valence-electron chi connectivity index (χ3n) is 5.96. The Balaban J connectivity index is 1.70. The fourth-order valence-corrected chi connectivity index (χ4v) is 4.30. The van der Waals surface area contributed by atoms with Crippen LogP contribution in [0.25, 0.3) is 11.0 Å². The molecule has 1 aliphatic rings. The summed E-state index contributed by atoms with van der Waals surface area (Å²) in [6, 6.07) is 21.7. The van der Waals surface area contributed by atoms with E-state index in [4.69, 9.17) is 9.15 Å². The van der Waals surface area contributed by atoms with Crippen LogP contribution in [0.15, 0.2) is 94.7 Å². The van der Waals surface area contributed by atoms with Gasteiger partial charge < -0.3 is 9.15 Å². The highest BCUT2D eigenvalue weighted by molar-refractivity contribution is 6.10. The minimum absolute atomic E-state index is 0.0928. The fourth-order valence-electron chi connectivity index (χ4n) is 4.30. The Labute approximate surface area is 191 Å². The summed E-state index contributed by atoms with van der Waals surface area (Å²) >= 11 is 0. The molecule has 5 nitrogen and oxygen atoms in total. The van der Waals surface area contributed by atoms with Crippen molar-refractivity contribution in [1.82, 2.24) is 0 Å². The van der Waals surface area contributed by atoms with Crippen molar-refractivity contribution in [2.45, 2.75) is 19.4 Å². The van der Waals surface area contributed by atoms with Gasteiger partial charge in [-0.25, -0.2) is 0 Å². The molecule has 4 aromatic rings. The van der Waals surface area contributed by atoms with E-state index in [2.05, 4.69) is 13.5 Å². The number of hydrogen-bond donors (Lipinski definition) is 0. The van der Waals surface area contributed by atoms with Gasteiger partial charge in [0.1, 0.15) is 17.9 Å². The summed E-state index contributed by atoms with van der Waals surface area (Å²) in [5, 5.41) is 0.461. The van der Waals surface area contributed by atoms with E-state index in [1.165, 1.54) is 5.56 Å². The molecule has 1 aromatic heterocycles. The van der Waals surface area contributed by atoms with Crippen LogP contribution in [0.3, 0.4) is 0 Å². The van der Waals surface area contributed by atoms with Crippen LogP contribution in [0.4, 0.5) is 5.69 Å². The maximum atomic E-state index is 13.6. The van der Waals surface area contributed by atoms with E-state index < -0.39 is 6.04 Å². The number of benzene rings is 3. The fraction of sp³-hybridized carbons (Fsp3) is 0.143. The lowest BCUT2D eigenvalue weighted by Crippen LogP contribution is -2.29. The second-order valence-corrected chi connectivity index (χ2v) is 7.94. The summed E-state index contributed by atoms with van der Waals surface area (Å²) in [7, 11) is 0. The van der Waals surface area contributed by atoms with Crippen molar-refractivity contribution in [3.05, 3.63) is 118 Å². The monoisotopic (exact) mass is 437 g/mol. The molecule has 33 heavy (non-hydrogen) atoms. The molecule has 0 saturated carbocycles. The molecule has 0 bridgehead atoms. The number of para-hydroxylation sites is 1. The molecule has 0 aliphatic carbocycles. The van der Waals surface area contributed by atoms with Crippen molar-refractivity contribution in [1.29, 1.82) is 0 Å². The van der Waals surface area contributed by atoms with Gasteiger partial charge in [-0.2, -0.15) is 0 Å². The zero-order valence-electron chi connectivity index (χ0n) is 18.3. The summed E-state index contributed by atoms with van der Waals surface area (Å²) in [5.41, 5.74) is 3.26. The summed E-state index contributed by atoms with van der Waals surface area (Å²) < 4.78 is 11.6. The average molecular weight is 437 g/mol. The number of anilines is 1. The van der Waals surface area contributed by atoms with Crippen molar-refractivity contribution in [3.8, 4) is 5.75 Å². The normalized spacial score (nSPS) is 15.0. The molecule has 5 heteroatoms. The molecule has 1 aliphatic heterocycles. The molecular formula is C28H23NO4. The minimum Gasteiger partial charge on any atom is -0.490 e. The quantitative estimate of drug-likeness (QED) is 0.365. The minimum atomic E-state index is -0.603. The summed E-state index contributed by atoms with van der Waals surface area (Å²) in [4.78, 5) is 28.8. The number of fused-ring (bicyclic) bond motifs is 2. The van der Waals surface area contributed by atoms with Crippen LogP contribution in [-0.4, -0.2) is 12.5 Å². The lowest BCUT2D eigenvalue weighted by molar-refractivity contribution is 0.0971. The highest BCUT2D eigenvalue weighted by Crippen LogP contribution is 2.41. The van der Waals surface area contributed by atoms with E-state index in [1.807, 2.05) is 48.5 Å². The summed E-state index contributed by atoms with van der Waals surface area (Å²) in [6.07, 6.45) is 2.58. The molecule has 164 valence electrons. The van der Waals surface area contributed by atoms with E-state index in [1.54, 1.807) is 35.2 Å². The molecule has 1 atom stereocenters.